The van der Waals surface area contributed by atoms with Gasteiger partial charge in [-0.05, 0) is 24.6 Å². The van der Waals surface area contributed by atoms with E-state index in [4.69, 9.17) is 18.0 Å². The number of piperidine rings is 1. The van der Waals surface area contributed by atoms with Crippen molar-refractivity contribution < 1.29 is 14.0 Å². The number of hydrogen-bond donors (Lipinski definition) is 1. The van der Waals surface area contributed by atoms with E-state index in [1.165, 1.54) is 18.2 Å². The zero-order valence-corrected chi connectivity index (χ0v) is 11.0. The van der Waals surface area contributed by atoms with Crippen molar-refractivity contribution in [2.45, 2.75) is 25.8 Å². The molecular formula is C13H13FN2O2S. The molecule has 2 N–H and O–H groups in total. The van der Waals surface area contributed by atoms with Gasteiger partial charge in [-0.25, -0.2) is 4.39 Å². The van der Waals surface area contributed by atoms with Gasteiger partial charge in [0.15, 0.2) is 0 Å². The fraction of sp³-hybridized carbons (Fsp3) is 0.308. The van der Waals surface area contributed by atoms with Crippen LogP contribution in [0.1, 0.15) is 30.4 Å². The number of halogens is 1. The molecule has 0 bridgehead atoms. The molecule has 0 saturated carbocycles. The van der Waals surface area contributed by atoms with E-state index in [2.05, 4.69) is 0 Å². The van der Waals surface area contributed by atoms with Gasteiger partial charge in [0.05, 0.1) is 6.54 Å². The van der Waals surface area contributed by atoms with Crippen molar-refractivity contribution in [1.29, 1.82) is 0 Å². The van der Waals surface area contributed by atoms with Crippen molar-refractivity contribution in [1.82, 2.24) is 4.90 Å². The molecule has 0 radical (unpaired) electrons. The summed E-state index contributed by atoms with van der Waals surface area (Å²) in [7, 11) is 0. The number of amides is 2. The lowest BCUT2D eigenvalue weighted by atomic mass is 10.1. The molecule has 0 atom stereocenters. The summed E-state index contributed by atoms with van der Waals surface area (Å²) in [6.07, 6.45) is 1.20. The van der Waals surface area contributed by atoms with Gasteiger partial charge >= 0.3 is 0 Å². The third-order valence-corrected chi connectivity index (χ3v) is 3.28. The van der Waals surface area contributed by atoms with E-state index >= 15 is 0 Å². The van der Waals surface area contributed by atoms with Crippen molar-refractivity contribution in [3.63, 3.8) is 0 Å². The van der Waals surface area contributed by atoms with Crippen molar-refractivity contribution >= 4 is 29.0 Å². The van der Waals surface area contributed by atoms with Crippen LogP contribution in [0.2, 0.25) is 0 Å². The van der Waals surface area contributed by atoms with Gasteiger partial charge in [-0.2, -0.15) is 0 Å². The van der Waals surface area contributed by atoms with Gasteiger partial charge in [-0.3, -0.25) is 14.5 Å². The van der Waals surface area contributed by atoms with Crippen LogP contribution in [0.5, 0.6) is 0 Å². The number of nitrogens with zero attached hydrogens (tertiary/aromatic N) is 1. The standard InChI is InChI=1S/C13H13FN2O2S/c14-10-5-4-8(13(15)19)6-9(10)7-16-11(17)2-1-3-12(16)18/h4-6H,1-3,7H2,(H2,15,19). The van der Waals surface area contributed by atoms with E-state index in [0.717, 1.165) is 4.90 Å². The van der Waals surface area contributed by atoms with Gasteiger partial charge in [0.2, 0.25) is 11.8 Å². The zero-order chi connectivity index (χ0) is 14.0. The minimum atomic E-state index is -0.480. The SMILES string of the molecule is NC(=S)c1ccc(F)c(CN2C(=O)CCCC2=O)c1. The number of likely N-dealkylation sites (tertiary alicyclic amines) is 1. The summed E-state index contributed by atoms with van der Waals surface area (Å²) >= 11 is 4.82. The van der Waals surface area contributed by atoms with E-state index in [9.17, 15) is 14.0 Å². The highest BCUT2D eigenvalue weighted by atomic mass is 32.1. The molecule has 0 unspecified atom stereocenters. The third-order valence-electron chi connectivity index (χ3n) is 3.04. The Labute approximate surface area is 115 Å². The molecule has 0 spiro atoms. The van der Waals surface area contributed by atoms with Crippen LogP contribution in [0, 0.1) is 5.82 Å². The fourth-order valence-electron chi connectivity index (χ4n) is 2.00. The minimum Gasteiger partial charge on any atom is -0.389 e. The van der Waals surface area contributed by atoms with E-state index in [0.29, 0.717) is 24.8 Å². The molecule has 1 saturated heterocycles. The van der Waals surface area contributed by atoms with Gasteiger partial charge in [-0.1, -0.05) is 12.2 Å². The molecule has 2 rings (SSSR count). The van der Waals surface area contributed by atoms with Crippen molar-refractivity contribution in [2.75, 3.05) is 0 Å². The van der Waals surface area contributed by atoms with Crippen LogP contribution < -0.4 is 5.73 Å². The monoisotopic (exact) mass is 280 g/mol. The lowest BCUT2D eigenvalue weighted by Gasteiger charge is -2.25. The van der Waals surface area contributed by atoms with Crippen LogP contribution in [-0.2, 0) is 16.1 Å². The first kappa shape index (κ1) is 13.6. The predicted octanol–water partition coefficient (Wildman–Crippen LogP) is 1.50. The maximum absolute atomic E-state index is 13.7. The first-order valence-corrected chi connectivity index (χ1v) is 6.31. The number of carbonyl (C=O) groups excluding carboxylic acids is 2. The number of benzene rings is 1. The van der Waals surface area contributed by atoms with Gasteiger partial charge in [-0.15, -0.1) is 0 Å². The van der Waals surface area contributed by atoms with Crippen LogP contribution >= 0.6 is 12.2 Å². The van der Waals surface area contributed by atoms with Gasteiger partial charge in [0, 0.05) is 24.0 Å². The number of hydrogen-bond acceptors (Lipinski definition) is 3. The molecule has 1 fully saturated rings. The summed E-state index contributed by atoms with van der Waals surface area (Å²) in [5, 5.41) is 0. The van der Waals surface area contributed by atoms with Crippen molar-refractivity contribution in [3.8, 4) is 0 Å². The molecule has 0 aliphatic carbocycles. The maximum Gasteiger partial charge on any atom is 0.229 e. The van der Waals surface area contributed by atoms with Crippen LogP contribution in [0.15, 0.2) is 18.2 Å². The summed E-state index contributed by atoms with van der Waals surface area (Å²) in [5.41, 5.74) is 6.24. The number of thiocarbonyl (C=S) groups is 1. The average molecular weight is 280 g/mol. The molecule has 1 aromatic carbocycles. The lowest BCUT2D eigenvalue weighted by Crippen LogP contribution is -2.39. The Bertz CT molecular complexity index is 544. The van der Waals surface area contributed by atoms with E-state index < -0.39 is 5.82 Å². The molecule has 2 amide bonds. The number of imide groups is 1. The Morgan fingerprint density at radius 3 is 2.53 bits per heavy atom. The number of carbonyl (C=O) groups is 2. The highest BCUT2D eigenvalue weighted by molar-refractivity contribution is 7.80. The Kier molecular flexibility index (Phi) is 3.90. The quantitative estimate of drug-likeness (QED) is 0.673. The molecule has 1 aromatic rings. The molecule has 1 aliphatic rings. The topological polar surface area (TPSA) is 63.4 Å². The number of nitrogens with two attached hydrogens (primary N) is 1. The average Bonchev–Trinajstić information content (AvgIpc) is 2.35. The summed E-state index contributed by atoms with van der Waals surface area (Å²) < 4.78 is 13.7. The van der Waals surface area contributed by atoms with Crippen LogP contribution in [-0.4, -0.2) is 21.7 Å². The zero-order valence-electron chi connectivity index (χ0n) is 10.2. The second-order valence-electron chi connectivity index (χ2n) is 4.40. The molecule has 19 heavy (non-hydrogen) atoms. The smallest absolute Gasteiger partial charge is 0.229 e. The lowest BCUT2D eigenvalue weighted by molar-refractivity contribution is -0.148. The van der Waals surface area contributed by atoms with E-state index in [1.807, 2.05) is 0 Å². The van der Waals surface area contributed by atoms with E-state index in [-0.39, 0.29) is 28.9 Å². The molecule has 1 heterocycles. The molecular weight excluding hydrogens is 267 g/mol. The predicted molar refractivity (Wildman–Crippen MR) is 71.7 cm³/mol. The Hall–Kier alpha value is -1.82. The van der Waals surface area contributed by atoms with Crippen LogP contribution in [0.25, 0.3) is 0 Å². The van der Waals surface area contributed by atoms with E-state index in [1.54, 1.807) is 0 Å². The van der Waals surface area contributed by atoms with Crippen LogP contribution in [0.3, 0.4) is 0 Å². The van der Waals surface area contributed by atoms with Gasteiger partial charge < -0.3 is 5.73 Å². The highest BCUT2D eigenvalue weighted by Crippen LogP contribution is 2.18. The van der Waals surface area contributed by atoms with Crippen molar-refractivity contribution in [2.24, 2.45) is 5.73 Å². The van der Waals surface area contributed by atoms with Gasteiger partial charge in [0.25, 0.3) is 0 Å². The fourth-order valence-corrected chi connectivity index (χ4v) is 2.12. The highest BCUT2D eigenvalue weighted by Gasteiger charge is 2.26. The Morgan fingerprint density at radius 2 is 1.95 bits per heavy atom. The normalized spacial score (nSPS) is 15.7. The summed E-state index contributed by atoms with van der Waals surface area (Å²) in [6.45, 7) is -0.0695. The van der Waals surface area contributed by atoms with Gasteiger partial charge in [0.1, 0.15) is 10.8 Å². The maximum atomic E-state index is 13.7. The van der Waals surface area contributed by atoms with Crippen LogP contribution in [0.4, 0.5) is 4.39 Å². The summed E-state index contributed by atoms with van der Waals surface area (Å²) in [5.74, 6) is -1.01. The molecule has 1 aliphatic heterocycles. The molecule has 4 nitrogen and oxygen atoms in total. The molecule has 100 valence electrons. The minimum absolute atomic E-state index is 0.0695. The Morgan fingerprint density at radius 1 is 1.32 bits per heavy atom. The second kappa shape index (κ2) is 5.44. The van der Waals surface area contributed by atoms with Crippen molar-refractivity contribution in [3.05, 3.63) is 35.1 Å². The Balaban J connectivity index is 2.27. The third kappa shape index (κ3) is 2.96. The second-order valence-corrected chi connectivity index (χ2v) is 4.84. The summed E-state index contributed by atoms with van der Waals surface area (Å²) in [6, 6.07) is 4.19. The summed E-state index contributed by atoms with van der Waals surface area (Å²) in [4.78, 5) is 24.6. The number of rotatable bonds is 3. The first-order valence-electron chi connectivity index (χ1n) is 5.90. The first-order chi connectivity index (χ1) is 8.99. The molecule has 6 heteroatoms. The largest absolute Gasteiger partial charge is 0.389 e. The molecule has 0 aromatic heterocycles.